The highest BCUT2D eigenvalue weighted by atomic mass is 16.5. The zero-order valence-corrected chi connectivity index (χ0v) is 13.6. The molecule has 122 valence electrons. The lowest BCUT2D eigenvalue weighted by atomic mass is 10.1. The second-order valence-corrected chi connectivity index (χ2v) is 5.74. The van der Waals surface area contributed by atoms with Crippen molar-refractivity contribution in [2.75, 3.05) is 26.3 Å². The smallest absolute Gasteiger partial charge is 0.305 e. The Morgan fingerprint density at radius 2 is 2.05 bits per heavy atom. The number of carbonyl (C=O) groups is 1. The van der Waals surface area contributed by atoms with Gasteiger partial charge in [-0.15, -0.1) is 0 Å². The molecule has 0 radical (unpaired) electrons. The molecule has 4 nitrogen and oxygen atoms in total. The number of ether oxygens (including phenoxy) is 2. The van der Waals surface area contributed by atoms with Gasteiger partial charge in [0.05, 0.1) is 13.2 Å². The fourth-order valence-electron chi connectivity index (χ4n) is 2.75. The van der Waals surface area contributed by atoms with Crippen LogP contribution in [0.25, 0.3) is 0 Å². The third-order valence-electron chi connectivity index (χ3n) is 3.85. The number of likely N-dealkylation sites (tertiary alicyclic amines) is 1. The Morgan fingerprint density at radius 3 is 2.82 bits per heavy atom. The molecule has 0 spiro atoms. The van der Waals surface area contributed by atoms with Crippen LogP contribution >= 0.6 is 0 Å². The fraction of sp³-hybridized carbons (Fsp3) is 0.611. The standard InChI is InChI=1S/C18H27NO3/c1-2-21-18(20)10-7-13-22-17-9-6-8-16(14-17)15-19-11-4-3-5-12-19/h6,8-9,14H,2-5,7,10-13,15H2,1H3. The van der Waals surface area contributed by atoms with E-state index in [-0.39, 0.29) is 5.97 Å². The molecule has 1 saturated heterocycles. The summed E-state index contributed by atoms with van der Waals surface area (Å²) in [6.07, 6.45) is 5.09. The molecule has 4 heteroatoms. The van der Waals surface area contributed by atoms with E-state index in [1.807, 2.05) is 19.1 Å². The van der Waals surface area contributed by atoms with Crippen molar-refractivity contribution >= 4 is 5.97 Å². The summed E-state index contributed by atoms with van der Waals surface area (Å²) in [6, 6.07) is 8.28. The molecule has 0 aliphatic carbocycles. The number of rotatable bonds is 8. The highest BCUT2D eigenvalue weighted by Gasteiger charge is 2.10. The highest BCUT2D eigenvalue weighted by Crippen LogP contribution is 2.17. The predicted octanol–water partition coefficient (Wildman–Crippen LogP) is 3.39. The van der Waals surface area contributed by atoms with Crippen molar-refractivity contribution in [2.24, 2.45) is 0 Å². The number of hydrogen-bond acceptors (Lipinski definition) is 4. The van der Waals surface area contributed by atoms with Crippen LogP contribution in [0.2, 0.25) is 0 Å². The molecule has 0 unspecified atom stereocenters. The van der Waals surface area contributed by atoms with Crippen LogP contribution in [0.3, 0.4) is 0 Å². The second kappa shape index (κ2) is 9.46. The number of hydrogen-bond donors (Lipinski definition) is 0. The molecule has 0 saturated carbocycles. The molecule has 1 aromatic carbocycles. The van der Waals surface area contributed by atoms with Crippen molar-refractivity contribution in [1.29, 1.82) is 0 Å². The van der Waals surface area contributed by atoms with Crippen molar-refractivity contribution in [3.05, 3.63) is 29.8 Å². The predicted molar refractivity (Wildman–Crippen MR) is 86.9 cm³/mol. The minimum Gasteiger partial charge on any atom is -0.494 e. The summed E-state index contributed by atoms with van der Waals surface area (Å²) in [5.74, 6) is 0.739. The molecule has 22 heavy (non-hydrogen) atoms. The monoisotopic (exact) mass is 305 g/mol. The summed E-state index contributed by atoms with van der Waals surface area (Å²) < 4.78 is 10.6. The summed E-state index contributed by atoms with van der Waals surface area (Å²) in [6.45, 7) is 6.21. The van der Waals surface area contributed by atoms with Gasteiger partial charge in [-0.1, -0.05) is 18.6 Å². The number of nitrogens with zero attached hydrogens (tertiary/aromatic N) is 1. The van der Waals surface area contributed by atoms with E-state index in [1.54, 1.807) is 0 Å². The molecule has 1 heterocycles. The summed E-state index contributed by atoms with van der Waals surface area (Å²) in [7, 11) is 0. The van der Waals surface area contributed by atoms with Crippen molar-refractivity contribution in [1.82, 2.24) is 4.90 Å². The fourth-order valence-corrected chi connectivity index (χ4v) is 2.75. The van der Waals surface area contributed by atoms with Gasteiger partial charge in [-0.3, -0.25) is 9.69 Å². The van der Waals surface area contributed by atoms with E-state index in [9.17, 15) is 4.79 Å². The van der Waals surface area contributed by atoms with Gasteiger partial charge in [0.2, 0.25) is 0 Å². The Labute approximate surface area is 133 Å². The largest absolute Gasteiger partial charge is 0.494 e. The Morgan fingerprint density at radius 1 is 1.23 bits per heavy atom. The van der Waals surface area contributed by atoms with Gasteiger partial charge in [-0.25, -0.2) is 0 Å². The molecule has 0 bridgehead atoms. The van der Waals surface area contributed by atoms with Crippen molar-refractivity contribution in [3.63, 3.8) is 0 Å². The Hall–Kier alpha value is -1.55. The average molecular weight is 305 g/mol. The SMILES string of the molecule is CCOC(=O)CCCOc1cccc(CN2CCCCC2)c1. The maximum atomic E-state index is 11.2. The van der Waals surface area contributed by atoms with E-state index in [4.69, 9.17) is 9.47 Å². The van der Waals surface area contributed by atoms with Gasteiger partial charge in [0.25, 0.3) is 0 Å². The van der Waals surface area contributed by atoms with Crippen molar-refractivity contribution in [2.45, 2.75) is 45.6 Å². The van der Waals surface area contributed by atoms with E-state index in [1.165, 1.54) is 37.9 Å². The number of esters is 1. The first-order valence-electron chi connectivity index (χ1n) is 8.37. The van der Waals surface area contributed by atoms with Crippen LogP contribution in [0, 0.1) is 0 Å². The lowest BCUT2D eigenvalue weighted by Gasteiger charge is -2.26. The Balaban J connectivity index is 1.72. The molecule has 0 aromatic heterocycles. The van der Waals surface area contributed by atoms with E-state index >= 15 is 0 Å². The summed E-state index contributed by atoms with van der Waals surface area (Å²) in [4.78, 5) is 13.7. The summed E-state index contributed by atoms with van der Waals surface area (Å²) >= 11 is 0. The lowest BCUT2D eigenvalue weighted by molar-refractivity contribution is -0.143. The summed E-state index contributed by atoms with van der Waals surface area (Å²) in [5, 5.41) is 0. The third kappa shape index (κ3) is 6.06. The first kappa shape index (κ1) is 16.8. The minimum atomic E-state index is -0.148. The van der Waals surface area contributed by atoms with E-state index < -0.39 is 0 Å². The average Bonchev–Trinajstić information content (AvgIpc) is 2.53. The van der Waals surface area contributed by atoms with Gasteiger partial charge in [-0.05, 0) is 57.0 Å². The first-order chi connectivity index (χ1) is 10.8. The van der Waals surface area contributed by atoms with Gasteiger partial charge in [0, 0.05) is 13.0 Å². The molecule has 1 fully saturated rings. The van der Waals surface area contributed by atoms with Gasteiger partial charge >= 0.3 is 5.97 Å². The zero-order valence-electron chi connectivity index (χ0n) is 13.6. The van der Waals surface area contributed by atoms with Crippen LogP contribution in [0.4, 0.5) is 0 Å². The number of benzene rings is 1. The van der Waals surface area contributed by atoms with Gasteiger partial charge in [-0.2, -0.15) is 0 Å². The Bertz CT molecular complexity index is 455. The van der Waals surface area contributed by atoms with E-state index in [0.717, 1.165) is 12.3 Å². The topological polar surface area (TPSA) is 38.8 Å². The zero-order chi connectivity index (χ0) is 15.6. The molecule has 1 aromatic rings. The number of carbonyl (C=O) groups excluding carboxylic acids is 1. The lowest BCUT2D eigenvalue weighted by Crippen LogP contribution is -2.29. The van der Waals surface area contributed by atoms with Gasteiger partial charge < -0.3 is 9.47 Å². The van der Waals surface area contributed by atoms with Gasteiger partial charge in [0.15, 0.2) is 0 Å². The maximum absolute atomic E-state index is 11.2. The van der Waals surface area contributed by atoms with Crippen molar-refractivity contribution in [3.8, 4) is 5.75 Å². The van der Waals surface area contributed by atoms with Crippen LogP contribution in [0.5, 0.6) is 5.75 Å². The molecule has 0 atom stereocenters. The molecule has 2 rings (SSSR count). The Kier molecular flexibility index (Phi) is 7.23. The molecule has 1 aliphatic rings. The van der Waals surface area contributed by atoms with Crippen LogP contribution < -0.4 is 4.74 Å². The van der Waals surface area contributed by atoms with E-state index in [0.29, 0.717) is 26.1 Å². The molecular weight excluding hydrogens is 278 g/mol. The quantitative estimate of drug-likeness (QED) is 0.545. The van der Waals surface area contributed by atoms with Crippen LogP contribution in [0.1, 0.15) is 44.6 Å². The number of piperidine rings is 1. The van der Waals surface area contributed by atoms with Gasteiger partial charge in [0.1, 0.15) is 5.75 Å². The third-order valence-corrected chi connectivity index (χ3v) is 3.85. The summed E-state index contributed by atoms with van der Waals surface area (Å²) in [5.41, 5.74) is 1.30. The highest BCUT2D eigenvalue weighted by molar-refractivity contribution is 5.69. The molecule has 1 aliphatic heterocycles. The van der Waals surface area contributed by atoms with Crippen LogP contribution in [-0.4, -0.2) is 37.2 Å². The molecular formula is C18H27NO3. The normalized spacial score (nSPS) is 15.5. The van der Waals surface area contributed by atoms with E-state index in [2.05, 4.69) is 17.0 Å². The molecule has 0 amide bonds. The second-order valence-electron chi connectivity index (χ2n) is 5.74. The first-order valence-corrected chi connectivity index (χ1v) is 8.37. The molecule has 0 N–H and O–H groups in total. The van der Waals surface area contributed by atoms with Crippen molar-refractivity contribution < 1.29 is 14.3 Å². The maximum Gasteiger partial charge on any atom is 0.305 e. The minimum absolute atomic E-state index is 0.148. The van der Waals surface area contributed by atoms with Crippen LogP contribution in [-0.2, 0) is 16.1 Å². The van der Waals surface area contributed by atoms with Crippen LogP contribution in [0.15, 0.2) is 24.3 Å².